The number of hydrogen-bond donors (Lipinski definition) is 1. The SMILES string of the molecule is C[C@H]1CN=C2N(C1)c1ccccc1[C@@]2(O)c1ccccc1. The van der Waals surface area contributed by atoms with Crippen molar-refractivity contribution in [3.8, 4) is 0 Å². The van der Waals surface area contributed by atoms with E-state index in [1.54, 1.807) is 0 Å². The van der Waals surface area contributed by atoms with Gasteiger partial charge in [-0.25, -0.2) is 0 Å². The first-order chi connectivity index (χ1) is 10.2. The summed E-state index contributed by atoms with van der Waals surface area (Å²) >= 11 is 0. The van der Waals surface area contributed by atoms with Crippen LogP contribution in [0.5, 0.6) is 0 Å². The predicted octanol–water partition coefficient (Wildman–Crippen LogP) is 2.79. The molecule has 2 heterocycles. The predicted molar refractivity (Wildman–Crippen MR) is 84.7 cm³/mol. The van der Waals surface area contributed by atoms with Crippen LogP contribution >= 0.6 is 0 Å². The van der Waals surface area contributed by atoms with Gasteiger partial charge in [-0.1, -0.05) is 55.5 Å². The molecule has 106 valence electrons. The third-order valence-electron chi connectivity index (χ3n) is 4.40. The van der Waals surface area contributed by atoms with E-state index in [1.807, 2.05) is 48.5 Å². The second-order valence-electron chi connectivity index (χ2n) is 5.97. The molecule has 1 N–H and O–H groups in total. The molecule has 21 heavy (non-hydrogen) atoms. The molecule has 3 heteroatoms. The van der Waals surface area contributed by atoms with Crippen LogP contribution in [0.25, 0.3) is 0 Å². The molecule has 2 aliphatic heterocycles. The first-order valence-electron chi connectivity index (χ1n) is 7.41. The van der Waals surface area contributed by atoms with Gasteiger partial charge in [0.15, 0.2) is 5.60 Å². The summed E-state index contributed by atoms with van der Waals surface area (Å²) in [5.74, 6) is 1.27. The molecule has 0 unspecified atom stereocenters. The summed E-state index contributed by atoms with van der Waals surface area (Å²) in [7, 11) is 0. The molecule has 0 aromatic heterocycles. The van der Waals surface area contributed by atoms with E-state index in [4.69, 9.17) is 4.99 Å². The Morgan fingerprint density at radius 1 is 1.10 bits per heavy atom. The standard InChI is InChI=1S/C18H18N2O/c1-13-11-19-17-18(21,14-7-3-2-4-8-14)15-9-5-6-10-16(15)20(17)12-13/h2-10,13,21H,11-12H2,1H3/t13-,18-/m0/s1. The van der Waals surface area contributed by atoms with Crippen molar-refractivity contribution in [2.24, 2.45) is 10.9 Å². The molecule has 0 saturated heterocycles. The van der Waals surface area contributed by atoms with Gasteiger partial charge in [0, 0.05) is 24.3 Å². The Hall–Kier alpha value is -2.13. The zero-order valence-corrected chi connectivity index (χ0v) is 12.0. The molecule has 0 saturated carbocycles. The summed E-state index contributed by atoms with van der Waals surface area (Å²) in [5.41, 5.74) is 1.77. The smallest absolute Gasteiger partial charge is 0.174 e. The molecule has 0 aliphatic carbocycles. The molecule has 4 rings (SSSR count). The Morgan fingerprint density at radius 2 is 1.81 bits per heavy atom. The highest BCUT2D eigenvalue weighted by atomic mass is 16.3. The van der Waals surface area contributed by atoms with Crippen molar-refractivity contribution in [1.29, 1.82) is 0 Å². The van der Waals surface area contributed by atoms with Crippen molar-refractivity contribution in [2.45, 2.75) is 12.5 Å². The van der Waals surface area contributed by atoms with Crippen molar-refractivity contribution in [3.05, 3.63) is 65.7 Å². The van der Waals surface area contributed by atoms with Gasteiger partial charge in [-0.2, -0.15) is 0 Å². The third-order valence-corrected chi connectivity index (χ3v) is 4.40. The van der Waals surface area contributed by atoms with Crippen LogP contribution in [0.2, 0.25) is 0 Å². The van der Waals surface area contributed by atoms with Crippen LogP contribution in [0.4, 0.5) is 5.69 Å². The summed E-state index contributed by atoms with van der Waals surface area (Å²) in [6.07, 6.45) is 0. The molecule has 0 fully saturated rings. The van der Waals surface area contributed by atoms with Gasteiger partial charge < -0.3 is 10.0 Å². The highest BCUT2D eigenvalue weighted by Crippen LogP contribution is 2.46. The van der Waals surface area contributed by atoms with E-state index in [0.717, 1.165) is 35.7 Å². The molecule has 2 atom stereocenters. The fourth-order valence-electron chi connectivity index (χ4n) is 3.41. The quantitative estimate of drug-likeness (QED) is 0.870. The van der Waals surface area contributed by atoms with E-state index in [0.29, 0.717) is 5.92 Å². The minimum absolute atomic E-state index is 0.500. The van der Waals surface area contributed by atoms with E-state index in [9.17, 15) is 5.11 Å². The van der Waals surface area contributed by atoms with Gasteiger partial charge >= 0.3 is 0 Å². The van der Waals surface area contributed by atoms with Crippen molar-refractivity contribution in [2.75, 3.05) is 18.0 Å². The number of amidine groups is 1. The number of aliphatic hydroxyl groups is 1. The molecule has 2 aromatic carbocycles. The Bertz CT molecular complexity index is 710. The molecule has 0 radical (unpaired) electrons. The molecule has 2 aromatic rings. The monoisotopic (exact) mass is 278 g/mol. The van der Waals surface area contributed by atoms with E-state index in [2.05, 4.69) is 17.9 Å². The second kappa shape index (κ2) is 4.43. The number of rotatable bonds is 1. The summed E-state index contributed by atoms with van der Waals surface area (Å²) in [5, 5.41) is 11.5. The van der Waals surface area contributed by atoms with E-state index < -0.39 is 5.60 Å². The number of para-hydroxylation sites is 1. The van der Waals surface area contributed by atoms with Gasteiger partial charge in [-0.15, -0.1) is 0 Å². The van der Waals surface area contributed by atoms with Crippen LogP contribution in [0.3, 0.4) is 0 Å². The fourth-order valence-corrected chi connectivity index (χ4v) is 3.41. The number of nitrogens with zero attached hydrogens (tertiary/aromatic N) is 2. The van der Waals surface area contributed by atoms with Crippen LogP contribution in [0.15, 0.2) is 59.6 Å². The summed E-state index contributed by atoms with van der Waals surface area (Å²) in [4.78, 5) is 6.89. The maximum atomic E-state index is 11.5. The average Bonchev–Trinajstić information content (AvgIpc) is 2.79. The lowest BCUT2D eigenvalue weighted by Crippen LogP contribution is -2.46. The van der Waals surface area contributed by atoms with Crippen LogP contribution in [0.1, 0.15) is 18.1 Å². The lowest BCUT2D eigenvalue weighted by molar-refractivity contribution is 0.158. The van der Waals surface area contributed by atoms with Gasteiger partial charge in [0.05, 0.1) is 0 Å². The maximum absolute atomic E-state index is 11.5. The molecule has 0 bridgehead atoms. The van der Waals surface area contributed by atoms with Crippen LogP contribution in [-0.2, 0) is 5.60 Å². The molecule has 3 nitrogen and oxygen atoms in total. The number of benzene rings is 2. The lowest BCUT2D eigenvalue weighted by Gasteiger charge is -2.32. The number of fused-ring (bicyclic) bond motifs is 3. The number of anilines is 1. The lowest BCUT2D eigenvalue weighted by atomic mass is 9.87. The van der Waals surface area contributed by atoms with Crippen molar-refractivity contribution < 1.29 is 5.11 Å². The summed E-state index contributed by atoms with van der Waals surface area (Å²) in [6, 6.07) is 17.9. The van der Waals surface area contributed by atoms with Gasteiger partial charge in [0.2, 0.25) is 0 Å². The molecular formula is C18H18N2O. The number of hydrogen-bond acceptors (Lipinski definition) is 3. The molecule has 0 amide bonds. The van der Waals surface area contributed by atoms with Crippen molar-refractivity contribution >= 4 is 11.5 Å². The average molecular weight is 278 g/mol. The summed E-state index contributed by atoms with van der Waals surface area (Å²) in [6.45, 7) is 3.88. The van der Waals surface area contributed by atoms with Gasteiger partial charge in [0.25, 0.3) is 0 Å². The maximum Gasteiger partial charge on any atom is 0.174 e. The van der Waals surface area contributed by atoms with Gasteiger partial charge in [0.1, 0.15) is 5.84 Å². The Balaban J connectivity index is 1.98. The van der Waals surface area contributed by atoms with E-state index in [1.165, 1.54) is 0 Å². The van der Waals surface area contributed by atoms with E-state index in [-0.39, 0.29) is 0 Å². The highest BCUT2D eigenvalue weighted by molar-refractivity contribution is 6.12. The normalized spacial score (nSPS) is 27.0. The first-order valence-corrected chi connectivity index (χ1v) is 7.41. The van der Waals surface area contributed by atoms with E-state index >= 15 is 0 Å². The van der Waals surface area contributed by atoms with Crippen molar-refractivity contribution in [1.82, 2.24) is 0 Å². The highest BCUT2D eigenvalue weighted by Gasteiger charge is 2.49. The van der Waals surface area contributed by atoms with Gasteiger partial charge in [-0.05, 0) is 17.5 Å². The fraction of sp³-hybridized carbons (Fsp3) is 0.278. The largest absolute Gasteiger partial charge is 0.373 e. The minimum atomic E-state index is -1.13. The van der Waals surface area contributed by atoms with Crippen LogP contribution < -0.4 is 4.90 Å². The van der Waals surface area contributed by atoms with Crippen LogP contribution in [0, 0.1) is 5.92 Å². The molecule has 0 spiro atoms. The Kier molecular flexibility index (Phi) is 2.66. The zero-order chi connectivity index (χ0) is 14.4. The third kappa shape index (κ3) is 1.67. The molecule has 2 aliphatic rings. The minimum Gasteiger partial charge on any atom is -0.373 e. The zero-order valence-electron chi connectivity index (χ0n) is 12.0. The second-order valence-corrected chi connectivity index (χ2v) is 5.97. The Morgan fingerprint density at radius 3 is 2.62 bits per heavy atom. The summed E-state index contributed by atoms with van der Waals surface area (Å²) < 4.78 is 0. The topological polar surface area (TPSA) is 35.8 Å². The Labute approximate surface area is 124 Å². The number of aliphatic imine (C=N–C) groups is 1. The van der Waals surface area contributed by atoms with Crippen LogP contribution in [-0.4, -0.2) is 24.0 Å². The molecular weight excluding hydrogens is 260 g/mol. The van der Waals surface area contributed by atoms with Crippen molar-refractivity contribution in [3.63, 3.8) is 0 Å². The van der Waals surface area contributed by atoms with Gasteiger partial charge in [-0.3, -0.25) is 4.99 Å². The first kappa shape index (κ1) is 12.6.